The van der Waals surface area contributed by atoms with Gasteiger partial charge in [0.25, 0.3) is 5.91 Å². The maximum absolute atomic E-state index is 12.5. The molecule has 2 rings (SSSR count). The van der Waals surface area contributed by atoms with Gasteiger partial charge in [-0.3, -0.25) is 9.59 Å². The monoisotopic (exact) mass is 348 g/mol. The molecule has 1 heterocycles. The molecule has 0 fully saturated rings. The topological polar surface area (TPSA) is 62.6 Å². The lowest BCUT2D eigenvalue weighted by atomic mass is 10.2. The van der Waals surface area contributed by atoms with Gasteiger partial charge in [0, 0.05) is 18.1 Å². The molecule has 0 atom stereocenters. The zero-order chi connectivity index (χ0) is 17.7. The van der Waals surface area contributed by atoms with Gasteiger partial charge in [0.2, 0.25) is 5.91 Å². The van der Waals surface area contributed by atoms with E-state index in [1.54, 1.807) is 32.0 Å². The van der Waals surface area contributed by atoms with Crippen LogP contribution in [-0.4, -0.2) is 29.8 Å². The number of rotatable bonds is 6. The number of nitrogens with one attached hydrogen (secondary N) is 1. The average molecular weight is 349 g/mol. The summed E-state index contributed by atoms with van der Waals surface area (Å²) in [6.45, 7) is 6.22. The van der Waals surface area contributed by atoms with Crippen LogP contribution in [0.2, 0.25) is 5.02 Å². The van der Waals surface area contributed by atoms with Gasteiger partial charge < -0.3 is 14.6 Å². The first-order chi connectivity index (χ1) is 11.4. The van der Waals surface area contributed by atoms with E-state index in [4.69, 9.17) is 16.0 Å². The number of carbonyl (C=O) groups is 2. The van der Waals surface area contributed by atoms with Crippen molar-refractivity contribution in [2.24, 2.45) is 0 Å². The first-order valence-electron chi connectivity index (χ1n) is 7.78. The minimum atomic E-state index is -0.210. The van der Waals surface area contributed by atoms with E-state index in [2.05, 4.69) is 5.32 Å². The number of nitrogens with zero attached hydrogens (tertiary/aromatic N) is 1. The van der Waals surface area contributed by atoms with Crippen molar-refractivity contribution in [2.75, 3.05) is 13.1 Å². The molecule has 0 aliphatic heterocycles. The van der Waals surface area contributed by atoms with Crippen molar-refractivity contribution in [3.63, 3.8) is 0 Å². The van der Waals surface area contributed by atoms with Crippen molar-refractivity contribution in [1.29, 1.82) is 0 Å². The molecule has 6 heteroatoms. The SMILES string of the molecule is CCN(CC(=O)NCc1ccc(Cl)cc1)C(=O)c1cc(C)oc1C. The highest BCUT2D eigenvalue weighted by Gasteiger charge is 2.21. The third-order valence-electron chi connectivity index (χ3n) is 3.68. The van der Waals surface area contributed by atoms with Gasteiger partial charge in [-0.15, -0.1) is 0 Å². The predicted octanol–water partition coefficient (Wildman–Crippen LogP) is 3.33. The molecule has 0 spiro atoms. The smallest absolute Gasteiger partial charge is 0.257 e. The molecule has 0 radical (unpaired) electrons. The Labute approximate surface area is 146 Å². The maximum Gasteiger partial charge on any atom is 0.257 e. The minimum absolute atomic E-state index is 0.00654. The summed E-state index contributed by atoms with van der Waals surface area (Å²) < 4.78 is 5.39. The fourth-order valence-electron chi connectivity index (χ4n) is 2.37. The molecule has 1 N–H and O–H groups in total. The van der Waals surface area contributed by atoms with Gasteiger partial charge in [0.15, 0.2) is 0 Å². The molecule has 0 aliphatic carbocycles. The standard InChI is InChI=1S/C18H21ClN2O3/c1-4-21(18(23)16-9-12(2)24-13(16)3)11-17(22)20-10-14-5-7-15(19)8-6-14/h5-9H,4,10-11H2,1-3H3,(H,20,22). The predicted molar refractivity (Wildman–Crippen MR) is 93.1 cm³/mol. The molecule has 1 aromatic heterocycles. The van der Waals surface area contributed by atoms with Gasteiger partial charge in [-0.1, -0.05) is 23.7 Å². The molecular weight excluding hydrogens is 328 g/mol. The Balaban J connectivity index is 1.94. The number of furan rings is 1. The van der Waals surface area contributed by atoms with Gasteiger partial charge in [0.05, 0.1) is 12.1 Å². The van der Waals surface area contributed by atoms with Crippen molar-refractivity contribution < 1.29 is 14.0 Å². The van der Waals surface area contributed by atoms with Crippen molar-refractivity contribution >= 4 is 23.4 Å². The number of likely N-dealkylation sites (N-methyl/N-ethyl adjacent to an activating group) is 1. The van der Waals surface area contributed by atoms with Crippen LogP contribution in [0.3, 0.4) is 0 Å². The van der Waals surface area contributed by atoms with Crippen LogP contribution < -0.4 is 5.32 Å². The molecular formula is C18H21ClN2O3. The molecule has 2 aromatic rings. The van der Waals surface area contributed by atoms with Crippen LogP contribution in [0.1, 0.15) is 34.4 Å². The van der Waals surface area contributed by atoms with Crippen molar-refractivity contribution in [2.45, 2.75) is 27.3 Å². The van der Waals surface area contributed by atoms with Crippen molar-refractivity contribution in [3.8, 4) is 0 Å². The molecule has 0 aliphatic rings. The number of amides is 2. The van der Waals surface area contributed by atoms with Crippen LogP contribution in [0.15, 0.2) is 34.7 Å². The fourth-order valence-corrected chi connectivity index (χ4v) is 2.50. The number of halogens is 1. The number of hydrogen-bond acceptors (Lipinski definition) is 3. The number of benzene rings is 1. The lowest BCUT2D eigenvalue weighted by Crippen LogP contribution is -2.40. The van der Waals surface area contributed by atoms with E-state index < -0.39 is 0 Å². The van der Waals surface area contributed by atoms with Crippen molar-refractivity contribution in [3.05, 3.63) is 58.0 Å². The fraction of sp³-hybridized carbons (Fsp3) is 0.333. The van der Waals surface area contributed by atoms with E-state index >= 15 is 0 Å². The van der Waals surface area contributed by atoms with Crippen LogP contribution >= 0.6 is 11.6 Å². The highest BCUT2D eigenvalue weighted by Crippen LogP contribution is 2.16. The molecule has 0 bridgehead atoms. The zero-order valence-corrected chi connectivity index (χ0v) is 14.8. The summed E-state index contributed by atoms with van der Waals surface area (Å²) in [5.41, 5.74) is 1.45. The first-order valence-corrected chi connectivity index (χ1v) is 8.16. The van der Waals surface area contributed by atoms with Crippen LogP contribution in [0.4, 0.5) is 0 Å². The lowest BCUT2D eigenvalue weighted by Gasteiger charge is -2.20. The van der Waals surface area contributed by atoms with E-state index in [0.29, 0.717) is 35.2 Å². The third-order valence-corrected chi connectivity index (χ3v) is 3.93. The largest absolute Gasteiger partial charge is 0.466 e. The highest BCUT2D eigenvalue weighted by atomic mass is 35.5. The second-order valence-electron chi connectivity index (χ2n) is 5.55. The number of aryl methyl sites for hydroxylation is 2. The quantitative estimate of drug-likeness (QED) is 0.871. The Morgan fingerprint density at radius 3 is 2.42 bits per heavy atom. The Morgan fingerprint density at radius 1 is 1.21 bits per heavy atom. The Morgan fingerprint density at radius 2 is 1.88 bits per heavy atom. The molecule has 5 nitrogen and oxygen atoms in total. The number of carbonyl (C=O) groups excluding carboxylic acids is 2. The lowest BCUT2D eigenvalue weighted by molar-refractivity contribution is -0.121. The van der Waals surface area contributed by atoms with Gasteiger partial charge in [-0.05, 0) is 44.5 Å². The summed E-state index contributed by atoms with van der Waals surface area (Å²) in [5.74, 6) is 0.836. The van der Waals surface area contributed by atoms with Gasteiger partial charge >= 0.3 is 0 Å². The van der Waals surface area contributed by atoms with E-state index in [1.165, 1.54) is 4.90 Å². The Hall–Kier alpha value is -2.27. The molecule has 24 heavy (non-hydrogen) atoms. The average Bonchev–Trinajstić information content (AvgIpc) is 2.90. The summed E-state index contributed by atoms with van der Waals surface area (Å²) in [6, 6.07) is 8.95. The molecule has 0 saturated carbocycles. The number of hydrogen-bond donors (Lipinski definition) is 1. The first kappa shape index (κ1) is 18.1. The van der Waals surface area contributed by atoms with Crippen LogP contribution in [0.25, 0.3) is 0 Å². The zero-order valence-electron chi connectivity index (χ0n) is 14.1. The minimum Gasteiger partial charge on any atom is -0.466 e. The van der Waals surface area contributed by atoms with Crippen LogP contribution in [0, 0.1) is 13.8 Å². The van der Waals surface area contributed by atoms with Crippen LogP contribution in [-0.2, 0) is 11.3 Å². The van der Waals surface area contributed by atoms with Gasteiger partial charge in [0.1, 0.15) is 11.5 Å². The summed E-state index contributed by atoms with van der Waals surface area (Å²) in [5, 5.41) is 3.46. The van der Waals surface area contributed by atoms with E-state index in [-0.39, 0.29) is 18.4 Å². The molecule has 0 saturated heterocycles. The normalized spacial score (nSPS) is 10.5. The second-order valence-corrected chi connectivity index (χ2v) is 5.99. The molecule has 0 unspecified atom stereocenters. The van der Waals surface area contributed by atoms with Gasteiger partial charge in [-0.2, -0.15) is 0 Å². The molecule has 128 valence electrons. The van der Waals surface area contributed by atoms with E-state index in [9.17, 15) is 9.59 Å². The molecule has 1 aromatic carbocycles. The summed E-state index contributed by atoms with van der Waals surface area (Å²) in [7, 11) is 0. The Kier molecular flexibility index (Phi) is 6.04. The van der Waals surface area contributed by atoms with E-state index in [1.807, 2.05) is 19.1 Å². The van der Waals surface area contributed by atoms with Gasteiger partial charge in [-0.25, -0.2) is 0 Å². The third kappa shape index (κ3) is 4.61. The Bertz CT molecular complexity index is 722. The summed E-state index contributed by atoms with van der Waals surface area (Å²) in [6.07, 6.45) is 0. The summed E-state index contributed by atoms with van der Waals surface area (Å²) >= 11 is 5.83. The van der Waals surface area contributed by atoms with Crippen molar-refractivity contribution in [1.82, 2.24) is 10.2 Å². The molecule has 2 amide bonds. The maximum atomic E-state index is 12.5. The second kappa shape index (κ2) is 8.02. The van der Waals surface area contributed by atoms with E-state index in [0.717, 1.165) is 5.56 Å². The summed E-state index contributed by atoms with van der Waals surface area (Å²) in [4.78, 5) is 26.1. The van der Waals surface area contributed by atoms with Crippen LogP contribution in [0.5, 0.6) is 0 Å². The highest BCUT2D eigenvalue weighted by molar-refractivity contribution is 6.30.